The van der Waals surface area contributed by atoms with Crippen molar-refractivity contribution >= 4 is 23.8 Å². The molecule has 1 spiro atoms. The van der Waals surface area contributed by atoms with Crippen LogP contribution in [0.1, 0.15) is 51.7 Å². The van der Waals surface area contributed by atoms with E-state index in [4.69, 9.17) is 18.9 Å². The van der Waals surface area contributed by atoms with Gasteiger partial charge in [-0.05, 0) is 64.9 Å². The summed E-state index contributed by atoms with van der Waals surface area (Å²) in [5, 5.41) is 17.2. The van der Waals surface area contributed by atoms with Crippen LogP contribution in [0.4, 0.5) is 0 Å². The first-order valence-electron chi connectivity index (χ1n) is 13.8. The Balaban J connectivity index is 1.33. The SMILES string of the molecule is COc1ccc2c3c1O[C@H]1C(OC(=O)C(C)OC(=O)[C@H](C)NC(=O)[C@H](C)NC(C)=O)=CC[C@@]4(O)[C@@H](C2)N(C)CC[C@]314. The number of amides is 2. The molecule has 1 unspecified atom stereocenters. The third kappa shape index (κ3) is 4.44. The van der Waals surface area contributed by atoms with Crippen molar-refractivity contribution in [2.24, 2.45) is 0 Å². The second kappa shape index (κ2) is 10.3. The zero-order chi connectivity index (χ0) is 29.9. The summed E-state index contributed by atoms with van der Waals surface area (Å²) in [5.74, 6) is -1.27. The van der Waals surface area contributed by atoms with Crippen molar-refractivity contribution in [1.29, 1.82) is 0 Å². The van der Waals surface area contributed by atoms with Crippen molar-refractivity contribution in [2.45, 2.75) is 88.3 Å². The molecule has 4 aliphatic rings. The first-order valence-corrected chi connectivity index (χ1v) is 13.8. The van der Waals surface area contributed by atoms with Crippen molar-refractivity contribution in [3.63, 3.8) is 0 Å². The van der Waals surface area contributed by atoms with Crippen molar-refractivity contribution in [1.82, 2.24) is 15.5 Å². The number of aliphatic hydroxyl groups is 1. The van der Waals surface area contributed by atoms with Crippen LogP contribution >= 0.6 is 0 Å². The molecular weight excluding hydrogens is 534 g/mol. The highest BCUT2D eigenvalue weighted by Crippen LogP contribution is 2.65. The highest BCUT2D eigenvalue weighted by Gasteiger charge is 2.72. The number of nitrogens with zero attached hydrogens (tertiary/aromatic N) is 1. The molecule has 5 rings (SSSR count). The number of likely N-dealkylation sites (tertiary alicyclic amines) is 1. The van der Waals surface area contributed by atoms with Crippen molar-refractivity contribution < 1.29 is 43.2 Å². The zero-order valence-corrected chi connectivity index (χ0v) is 24.1. The summed E-state index contributed by atoms with van der Waals surface area (Å²) in [6.07, 6.45) is 1.12. The third-order valence-corrected chi connectivity index (χ3v) is 8.93. The van der Waals surface area contributed by atoms with Gasteiger partial charge in [0.2, 0.25) is 11.8 Å². The molecule has 1 fully saturated rings. The van der Waals surface area contributed by atoms with Gasteiger partial charge in [-0.1, -0.05) is 6.07 Å². The third-order valence-electron chi connectivity index (χ3n) is 8.93. The highest BCUT2D eigenvalue weighted by molar-refractivity contribution is 5.90. The second-order valence-electron chi connectivity index (χ2n) is 11.4. The van der Waals surface area contributed by atoms with E-state index in [-0.39, 0.29) is 24.1 Å². The summed E-state index contributed by atoms with van der Waals surface area (Å²) in [5.41, 5.74) is -0.00298. The smallest absolute Gasteiger partial charge is 0.352 e. The lowest BCUT2D eigenvalue weighted by Crippen LogP contribution is -2.74. The molecule has 1 aromatic carbocycles. The number of piperidine rings is 1. The molecule has 2 aliphatic heterocycles. The predicted octanol–water partition coefficient (Wildman–Crippen LogP) is 0.477. The first-order chi connectivity index (χ1) is 19.3. The van der Waals surface area contributed by atoms with Gasteiger partial charge in [0.1, 0.15) is 17.8 Å². The molecule has 2 amide bonds. The fourth-order valence-corrected chi connectivity index (χ4v) is 6.88. The number of benzene rings is 1. The normalized spacial score (nSPS) is 29.5. The number of rotatable bonds is 8. The molecule has 41 heavy (non-hydrogen) atoms. The maximum atomic E-state index is 13.1. The van der Waals surface area contributed by atoms with Gasteiger partial charge in [0.25, 0.3) is 0 Å². The lowest BCUT2D eigenvalue weighted by molar-refractivity contribution is -0.176. The van der Waals surface area contributed by atoms with E-state index in [0.29, 0.717) is 24.3 Å². The number of hydrogen-bond donors (Lipinski definition) is 3. The fourth-order valence-electron chi connectivity index (χ4n) is 6.88. The van der Waals surface area contributed by atoms with Crippen LogP contribution in [0.2, 0.25) is 0 Å². The quantitative estimate of drug-likeness (QED) is 0.376. The number of hydrogen-bond acceptors (Lipinski definition) is 10. The summed E-state index contributed by atoms with van der Waals surface area (Å²) in [4.78, 5) is 51.3. The van der Waals surface area contributed by atoms with Crippen molar-refractivity contribution in [2.75, 3.05) is 20.7 Å². The van der Waals surface area contributed by atoms with Crippen LogP contribution < -0.4 is 20.1 Å². The Morgan fingerprint density at radius 3 is 2.54 bits per heavy atom. The van der Waals surface area contributed by atoms with Gasteiger partial charge in [0.15, 0.2) is 23.7 Å². The largest absolute Gasteiger partial charge is 0.493 e. The Bertz CT molecular complexity index is 1330. The van der Waals surface area contributed by atoms with Crippen LogP contribution in [-0.2, 0) is 40.5 Å². The molecular formula is C29H37N3O9. The van der Waals surface area contributed by atoms with Gasteiger partial charge in [-0.15, -0.1) is 0 Å². The number of likely N-dealkylation sites (N-methyl/N-ethyl adjacent to an activating group) is 1. The van der Waals surface area contributed by atoms with Crippen LogP contribution in [0.25, 0.3) is 0 Å². The molecule has 12 heteroatoms. The van der Waals surface area contributed by atoms with Crippen molar-refractivity contribution in [3.05, 3.63) is 35.1 Å². The van der Waals surface area contributed by atoms with Gasteiger partial charge in [-0.25, -0.2) is 9.59 Å². The Morgan fingerprint density at radius 2 is 1.85 bits per heavy atom. The molecule has 222 valence electrons. The Kier molecular flexibility index (Phi) is 7.27. The fraction of sp³-hybridized carbons (Fsp3) is 0.586. The second-order valence-corrected chi connectivity index (χ2v) is 11.4. The van der Waals surface area contributed by atoms with E-state index in [1.807, 2.05) is 19.2 Å². The maximum absolute atomic E-state index is 13.1. The average molecular weight is 572 g/mol. The lowest BCUT2D eigenvalue weighted by Gasteiger charge is -2.61. The number of methoxy groups -OCH3 is 1. The maximum Gasteiger partial charge on any atom is 0.352 e. The highest BCUT2D eigenvalue weighted by atomic mass is 16.6. The Morgan fingerprint density at radius 1 is 1.12 bits per heavy atom. The van der Waals surface area contributed by atoms with E-state index >= 15 is 0 Å². The molecule has 3 N–H and O–H groups in total. The van der Waals surface area contributed by atoms with E-state index < -0.39 is 53.2 Å². The standard InChI is InChI=1S/C29H37N3O9/c1-14(30-17(4)33)25(34)31-15(2)26(35)39-16(3)27(36)40-20-9-10-29(37)21-13-18-7-8-19(38-6)23-22(18)28(29,24(20)41-23)11-12-32(21)5/h7-9,14-16,21,24,37H,10-13H2,1-6H3,(H,30,33)(H,31,34)/t14-,15-,16?,21+,24-,28-,29+/m0/s1. The summed E-state index contributed by atoms with van der Waals surface area (Å²) in [6, 6.07) is 1.80. The molecule has 0 saturated carbocycles. The van der Waals surface area contributed by atoms with E-state index in [9.17, 15) is 24.3 Å². The van der Waals surface area contributed by atoms with Crippen LogP contribution in [0.15, 0.2) is 24.0 Å². The molecule has 2 heterocycles. The Labute approximate surface area is 238 Å². The topological polar surface area (TPSA) is 153 Å². The minimum Gasteiger partial charge on any atom is -0.493 e. The van der Waals surface area contributed by atoms with E-state index in [2.05, 4.69) is 15.5 Å². The van der Waals surface area contributed by atoms with E-state index in [1.165, 1.54) is 27.7 Å². The predicted molar refractivity (Wildman–Crippen MR) is 144 cm³/mol. The zero-order valence-electron chi connectivity index (χ0n) is 24.1. The molecule has 0 radical (unpaired) electrons. The van der Waals surface area contributed by atoms with Gasteiger partial charge >= 0.3 is 11.9 Å². The lowest BCUT2D eigenvalue weighted by atomic mass is 9.50. The van der Waals surface area contributed by atoms with Crippen LogP contribution in [0.3, 0.4) is 0 Å². The van der Waals surface area contributed by atoms with E-state index in [1.54, 1.807) is 13.2 Å². The summed E-state index contributed by atoms with van der Waals surface area (Å²) >= 11 is 0. The van der Waals surface area contributed by atoms with Crippen LogP contribution in [0, 0.1) is 0 Å². The number of carbonyl (C=O) groups excluding carboxylic acids is 4. The molecule has 1 aromatic rings. The molecule has 0 aromatic heterocycles. The van der Waals surface area contributed by atoms with Crippen LogP contribution in [-0.4, -0.2) is 90.4 Å². The van der Waals surface area contributed by atoms with Crippen LogP contribution in [0.5, 0.6) is 11.5 Å². The number of nitrogens with one attached hydrogen (secondary N) is 2. The van der Waals surface area contributed by atoms with Gasteiger partial charge < -0.3 is 39.6 Å². The first kappa shape index (κ1) is 28.9. The molecule has 1 saturated heterocycles. The minimum atomic E-state index is -1.29. The average Bonchev–Trinajstić information content (AvgIpc) is 3.27. The molecule has 7 atom stereocenters. The minimum absolute atomic E-state index is 0.146. The summed E-state index contributed by atoms with van der Waals surface area (Å²) in [6.45, 7) is 6.28. The summed E-state index contributed by atoms with van der Waals surface area (Å²) < 4.78 is 23.2. The van der Waals surface area contributed by atoms with Gasteiger partial charge in [0, 0.05) is 24.9 Å². The molecule has 12 nitrogen and oxygen atoms in total. The monoisotopic (exact) mass is 571 g/mol. The summed E-state index contributed by atoms with van der Waals surface area (Å²) in [7, 11) is 3.57. The van der Waals surface area contributed by atoms with Crippen molar-refractivity contribution in [3.8, 4) is 11.5 Å². The van der Waals surface area contributed by atoms with Gasteiger partial charge in [-0.3, -0.25) is 9.59 Å². The van der Waals surface area contributed by atoms with Gasteiger partial charge in [-0.2, -0.15) is 0 Å². The van der Waals surface area contributed by atoms with E-state index in [0.717, 1.165) is 17.7 Å². The Hall–Kier alpha value is -3.64. The number of carbonyl (C=O) groups is 4. The molecule has 2 aliphatic carbocycles. The molecule has 2 bridgehead atoms. The van der Waals surface area contributed by atoms with Gasteiger partial charge in [0.05, 0.1) is 18.1 Å². The number of esters is 2. The number of ether oxygens (including phenoxy) is 4.